The summed E-state index contributed by atoms with van der Waals surface area (Å²) < 4.78 is 0. The molecule has 20 heavy (non-hydrogen) atoms. The molecule has 1 aromatic rings. The van der Waals surface area contributed by atoms with Gasteiger partial charge in [0.05, 0.1) is 0 Å². The van der Waals surface area contributed by atoms with E-state index in [1.165, 1.54) is 30.6 Å². The first-order chi connectivity index (χ1) is 9.46. The van der Waals surface area contributed by atoms with Crippen molar-refractivity contribution in [2.75, 3.05) is 31.1 Å². The Hall–Kier alpha value is -1.02. The van der Waals surface area contributed by atoms with Crippen LogP contribution in [0.5, 0.6) is 0 Å². The van der Waals surface area contributed by atoms with Crippen LogP contribution < -0.4 is 10.2 Å². The van der Waals surface area contributed by atoms with Crippen molar-refractivity contribution in [2.45, 2.75) is 40.5 Å². The fraction of sp³-hybridized carbons (Fsp3) is 0.667. The second kappa shape index (κ2) is 6.62. The average molecular weight is 274 g/mol. The largest absolute Gasteiger partial charge is 0.370 e. The van der Waals surface area contributed by atoms with Crippen molar-refractivity contribution in [3.05, 3.63) is 29.8 Å². The van der Waals surface area contributed by atoms with Crippen molar-refractivity contribution in [1.29, 1.82) is 0 Å². The molecule has 1 heterocycles. The van der Waals surface area contributed by atoms with Gasteiger partial charge in [-0.1, -0.05) is 45.9 Å². The van der Waals surface area contributed by atoms with Gasteiger partial charge in [0.2, 0.25) is 0 Å². The Morgan fingerprint density at radius 1 is 1.20 bits per heavy atom. The molecule has 0 radical (unpaired) electrons. The molecule has 0 bridgehead atoms. The van der Waals surface area contributed by atoms with E-state index >= 15 is 0 Å². The summed E-state index contributed by atoms with van der Waals surface area (Å²) in [6, 6.07) is 8.88. The maximum atomic E-state index is 3.59. The van der Waals surface area contributed by atoms with E-state index in [1.807, 2.05) is 0 Å². The van der Waals surface area contributed by atoms with Crippen LogP contribution in [0.1, 0.15) is 39.7 Å². The van der Waals surface area contributed by atoms with Crippen molar-refractivity contribution < 1.29 is 0 Å². The third-order valence-electron chi connectivity index (χ3n) is 4.04. The molecule has 0 saturated carbocycles. The number of benzene rings is 1. The third kappa shape index (κ3) is 4.52. The van der Waals surface area contributed by atoms with E-state index in [-0.39, 0.29) is 0 Å². The van der Waals surface area contributed by atoms with Gasteiger partial charge in [-0.05, 0) is 42.3 Å². The van der Waals surface area contributed by atoms with Crippen LogP contribution in [-0.4, -0.2) is 26.2 Å². The lowest BCUT2D eigenvalue weighted by atomic mass is 9.92. The van der Waals surface area contributed by atoms with Crippen LogP contribution in [0.2, 0.25) is 0 Å². The van der Waals surface area contributed by atoms with E-state index in [4.69, 9.17) is 0 Å². The lowest BCUT2D eigenvalue weighted by Gasteiger charge is -2.35. The first kappa shape index (κ1) is 15.4. The number of fused-ring (bicyclic) bond motifs is 1. The van der Waals surface area contributed by atoms with Gasteiger partial charge < -0.3 is 10.2 Å². The average Bonchev–Trinajstić information content (AvgIpc) is 2.36. The SMILES string of the molecule is CC1Cc2ccccc2N(CCNCCC(C)(C)C)C1. The zero-order valence-corrected chi connectivity index (χ0v) is 13.6. The Morgan fingerprint density at radius 2 is 1.95 bits per heavy atom. The summed E-state index contributed by atoms with van der Waals surface area (Å²) >= 11 is 0. The summed E-state index contributed by atoms with van der Waals surface area (Å²) in [7, 11) is 0. The lowest BCUT2D eigenvalue weighted by Crippen LogP contribution is -2.39. The molecule has 0 aromatic heterocycles. The number of rotatable bonds is 5. The molecule has 2 heteroatoms. The zero-order chi connectivity index (χ0) is 14.6. The topological polar surface area (TPSA) is 15.3 Å². The molecule has 0 aliphatic carbocycles. The predicted octanol–water partition coefficient (Wildman–Crippen LogP) is 3.71. The van der Waals surface area contributed by atoms with Crippen LogP contribution >= 0.6 is 0 Å². The monoisotopic (exact) mass is 274 g/mol. The van der Waals surface area contributed by atoms with Gasteiger partial charge in [0, 0.05) is 25.3 Å². The smallest absolute Gasteiger partial charge is 0.0399 e. The highest BCUT2D eigenvalue weighted by Crippen LogP contribution is 2.28. The van der Waals surface area contributed by atoms with Crippen LogP contribution in [0.15, 0.2) is 24.3 Å². The Bertz CT molecular complexity index is 420. The number of hydrogen-bond acceptors (Lipinski definition) is 2. The number of nitrogens with zero attached hydrogens (tertiary/aromatic N) is 1. The van der Waals surface area contributed by atoms with E-state index in [2.05, 4.69) is 62.2 Å². The van der Waals surface area contributed by atoms with Crippen molar-refractivity contribution in [2.24, 2.45) is 11.3 Å². The van der Waals surface area contributed by atoms with E-state index < -0.39 is 0 Å². The van der Waals surface area contributed by atoms with Gasteiger partial charge in [0.1, 0.15) is 0 Å². The van der Waals surface area contributed by atoms with Gasteiger partial charge in [-0.3, -0.25) is 0 Å². The quantitative estimate of drug-likeness (QED) is 0.823. The molecule has 1 aliphatic heterocycles. The molecule has 0 amide bonds. The van der Waals surface area contributed by atoms with Gasteiger partial charge >= 0.3 is 0 Å². The summed E-state index contributed by atoms with van der Waals surface area (Å²) in [6.07, 6.45) is 2.46. The van der Waals surface area contributed by atoms with E-state index in [0.29, 0.717) is 5.41 Å². The zero-order valence-electron chi connectivity index (χ0n) is 13.6. The van der Waals surface area contributed by atoms with Gasteiger partial charge in [0.15, 0.2) is 0 Å². The maximum Gasteiger partial charge on any atom is 0.0399 e. The number of anilines is 1. The van der Waals surface area contributed by atoms with Crippen LogP contribution in [0.3, 0.4) is 0 Å². The van der Waals surface area contributed by atoms with Crippen molar-refractivity contribution in [3.63, 3.8) is 0 Å². The summed E-state index contributed by atoms with van der Waals surface area (Å²) in [4.78, 5) is 2.55. The molecule has 112 valence electrons. The molecular formula is C18H30N2. The summed E-state index contributed by atoms with van der Waals surface area (Å²) in [5.74, 6) is 0.763. The lowest BCUT2D eigenvalue weighted by molar-refractivity contribution is 0.367. The van der Waals surface area contributed by atoms with Gasteiger partial charge in [-0.15, -0.1) is 0 Å². The first-order valence-electron chi connectivity index (χ1n) is 7.99. The first-order valence-corrected chi connectivity index (χ1v) is 7.99. The van der Waals surface area contributed by atoms with Crippen LogP contribution in [0.25, 0.3) is 0 Å². The Morgan fingerprint density at radius 3 is 2.70 bits per heavy atom. The third-order valence-corrected chi connectivity index (χ3v) is 4.04. The fourth-order valence-corrected chi connectivity index (χ4v) is 2.92. The molecule has 1 N–H and O–H groups in total. The molecule has 0 spiro atoms. The number of para-hydroxylation sites is 1. The van der Waals surface area contributed by atoms with Gasteiger partial charge in [-0.25, -0.2) is 0 Å². The number of hydrogen-bond donors (Lipinski definition) is 1. The fourth-order valence-electron chi connectivity index (χ4n) is 2.92. The molecule has 0 saturated heterocycles. The maximum absolute atomic E-state index is 3.59. The summed E-state index contributed by atoms with van der Waals surface area (Å²) in [6.45, 7) is 13.8. The van der Waals surface area contributed by atoms with Crippen molar-refractivity contribution in [3.8, 4) is 0 Å². The molecule has 1 atom stereocenters. The minimum atomic E-state index is 0.430. The van der Waals surface area contributed by atoms with Crippen LogP contribution in [0.4, 0.5) is 5.69 Å². The van der Waals surface area contributed by atoms with Gasteiger partial charge in [0.25, 0.3) is 0 Å². The molecule has 1 unspecified atom stereocenters. The Balaban J connectivity index is 1.81. The highest BCUT2D eigenvalue weighted by Gasteiger charge is 2.20. The minimum absolute atomic E-state index is 0.430. The Labute approximate surface area is 124 Å². The minimum Gasteiger partial charge on any atom is -0.370 e. The van der Waals surface area contributed by atoms with Gasteiger partial charge in [-0.2, -0.15) is 0 Å². The summed E-state index contributed by atoms with van der Waals surface area (Å²) in [5.41, 5.74) is 3.39. The summed E-state index contributed by atoms with van der Waals surface area (Å²) in [5, 5.41) is 3.59. The predicted molar refractivity (Wildman–Crippen MR) is 88.5 cm³/mol. The van der Waals surface area contributed by atoms with Crippen LogP contribution in [-0.2, 0) is 6.42 Å². The normalized spacial score (nSPS) is 19.0. The van der Waals surface area contributed by atoms with Crippen molar-refractivity contribution >= 4 is 5.69 Å². The standard InChI is InChI=1S/C18H30N2/c1-15-13-16-7-5-6-8-17(16)20(14-15)12-11-19-10-9-18(2,3)4/h5-8,15,19H,9-14H2,1-4H3. The molecule has 0 fully saturated rings. The highest BCUT2D eigenvalue weighted by molar-refractivity contribution is 5.55. The molecule has 1 aliphatic rings. The molecule has 2 rings (SSSR count). The second-order valence-electron chi connectivity index (χ2n) is 7.44. The molecular weight excluding hydrogens is 244 g/mol. The van der Waals surface area contributed by atoms with E-state index in [0.717, 1.165) is 25.6 Å². The van der Waals surface area contributed by atoms with Crippen LogP contribution in [0, 0.1) is 11.3 Å². The second-order valence-corrected chi connectivity index (χ2v) is 7.44. The molecule has 1 aromatic carbocycles. The van der Waals surface area contributed by atoms with E-state index in [9.17, 15) is 0 Å². The highest BCUT2D eigenvalue weighted by atomic mass is 15.2. The molecule has 2 nitrogen and oxygen atoms in total. The number of nitrogens with one attached hydrogen (secondary N) is 1. The Kier molecular flexibility index (Phi) is 5.09. The van der Waals surface area contributed by atoms with E-state index in [1.54, 1.807) is 0 Å². The van der Waals surface area contributed by atoms with Crippen molar-refractivity contribution in [1.82, 2.24) is 5.32 Å².